The van der Waals surface area contributed by atoms with Crippen LogP contribution in [0.2, 0.25) is 0 Å². The standard InChI is InChI=1S/C13H21N/c1-4-11-6-8-13(9-7-11)12(5-2)10-14-3/h6-9,12,14H,4-5,10H2,1-3H3. The second kappa shape index (κ2) is 5.82. The van der Waals surface area contributed by atoms with E-state index in [4.69, 9.17) is 0 Å². The molecule has 0 spiro atoms. The van der Waals surface area contributed by atoms with E-state index < -0.39 is 0 Å². The Morgan fingerprint density at radius 1 is 1.14 bits per heavy atom. The summed E-state index contributed by atoms with van der Waals surface area (Å²) in [6.45, 7) is 5.51. The molecule has 78 valence electrons. The van der Waals surface area contributed by atoms with Gasteiger partial charge in [-0.05, 0) is 36.9 Å². The van der Waals surface area contributed by atoms with Crippen LogP contribution >= 0.6 is 0 Å². The number of hydrogen-bond donors (Lipinski definition) is 1. The second-order valence-electron chi connectivity index (χ2n) is 3.76. The molecular formula is C13H21N. The third-order valence-electron chi connectivity index (χ3n) is 2.80. The molecule has 0 radical (unpaired) electrons. The monoisotopic (exact) mass is 191 g/mol. The van der Waals surface area contributed by atoms with Crippen molar-refractivity contribution in [2.24, 2.45) is 0 Å². The Morgan fingerprint density at radius 3 is 2.21 bits per heavy atom. The van der Waals surface area contributed by atoms with Gasteiger partial charge >= 0.3 is 0 Å². The lowest BCUT2D eigenvalue weighted by Gasteiger charge is -2.14. The maximum atomic E-state index is 3.25. The maximum Gasteiger partial charge on any atom is 0.00170 e. The fourth-order valence-electron chi connectivity index (χ4n) is 1.77. The molecule has 0 aliphatic carbocycles. The summed E-state index contributed by atoms with van der Waals surface area (Å²) in [5.74, 6) is 0.658. The van der Waals surface area contributed by atoms with Crippen molar-refractivity contribution in [3.05, 3.63) is 35.4 Å². The van der Waals surface area contributed by atoms with Gasteiger partial charge < -0.3 is 5.32 Å². The topological polar surface area (TPSA) is 12.0 Å². The molecule has 1 heteroatoms. The summed E-state index contributed by atoms with van der Waals surface area (Å²) in [6, 6.07) is 9.02. The molecule has 1 aromatic rings. The van der Waals surface area contributed by atoms with Gasteiger partial charge in [-0.1, -0.05) is 38.1 Å². The van der Waals surface area contributed by atoms with Gasteiger partial charge in [0.15, 0.2) is 0 Å². The van der Waals surface area contributed by atoms with E-state index in [2.05, 4.69) is 43.4 Å². The predicted molar refractivity (Wildman–Crippen MR) is 62.8 cm³/mol. The molecule has 0 bridgehead atoms. The van der Waals surface area contributed by atoms with Crippen LogP contribution in [0.3, 0.4) is 0 Å². The first-order chi connectivity index (χ1) is 6.81. The van der Waals surface area contributed by atoms with E-state index in [9.17, 15) is 0 Å². The highest BCUT2D eigenvalue weighted by Crippen LogP contribution is 2.19. The van der Waals surface area contributed by atoms with E-state index >= 15 is 0 Å². The van der Waals surface area contributed by atoms with Gasteiger partial charge in [0.25, 0.3) is 0 Å². The molecule has 0 aliphatic heterocycles. The van der Waals surface area contributed by atoms with Gasteiger partial charge in [0.2, 0.25) is 0 Å². The minimum Gasteiger partial charge on any atom is -0.319 e. The molecule has 0 aliphatic rings. The smallest absolute Gasteiger partial charge is 0.00170 e. The van der Waals surface area contributed by atoms with Gasteiger partial charge in [-0.3, -0.25) is 0 Å². The van der Waals surface area contributed by atoms with E-state index in [1.54, 1.807) is 0 Å². The number of likely N-dealkylation sites (N-methyl/N-ethyl adjacent to an activating group) is 1. The van der Waals surface area contributed by atoms with Crippen molar-refractivity contribution < 1.29 is 0 Å². The van der Waals surface area contributed by atoms with Crippen LogP contribution < -0.4 is 5.32 Å². The van der Waals surface area contributed by atoms with Crippen LogP contribution in [0.1, 0.15) is 37.3 Å². The lowest BCUT2D eigenvalue weighted by Crippen LogP contribution is -2.16. The summed E-state index contributed by atoms with van der Waals surface area (Å²) in [5.41, 5.74) is 2.88. The highest BCUT2D eigenvalue weighted by Gasteiger charge is 2.07. The van der Waals surface area contributed by atoms with Crippen LogP contribution in [0.25, 0.3) is 0 Å². The maximum absolute atomic E-state index is 3.25. The van der Waals surface area contributed by atoms with E-state index in [-0.39, 0.29) is 0 Å². The molecule has 1 N–H and O–H groups in total. The molecule has 0 fully saturated rings. The average molecular weight is 191 g/mol. The third kappa shape index (κ3) is 2.85. The van der Waals surface area contributed by atoms with Gasteiger partial charge in [0, 0.05) is 6.54 Å². The van der Waals surface area contributed by atoms with Crippen molar-refractivity contribution >= 4 is 0 Å². The van der Waals surface area contributed by atoms with Crippen molar-refractivity contribution in [2.75, 3.05) is 13.6 Å². The summed E-state index contributed by atoms with van der Waals surface area (Å²) in [4.78, 5) is 0. The van der Waals surface area contributed by atoms with Gasteiger partial charge in [-0.15, -0.1) is 0 Å². The molecule has 0 aromatic heterocycles. The quantitative estimate of drug-likeness (QED) is 0.754. The zero-order chi connectivity index (χ0) is 10.4. The van der Waals surface area contributed by atoms with Crippen LogP contribution in [0.4, 0.5) is 0 Å². The average Bonchev–Trinajstić information content (AvgIpc) is 2.26. The Bertz CT molecular complexity index is 250. The second-order valence-corrected chi connectivity index (χ2v) is 3.76. The van der Waals surface area contributed by atoms with Crippen molar-refractivity contribution in [3.63, 3.8) is 0 Å². The summed E-state index contributed by atoms with van der Waals surface area (Å²) in [5, 5.41) is 3.25. The normalized spacial score (nSPS) is 12.8. The molecule has 1 unspecified atom stereocenters. The zero-order valence-electron chi connectivity index (χ0n) is 9.51. The van der Waals surface area contributed by atoms with Gasteiger partial charge in [0.05, 0.1) is 0 Å². The molecule has 0 heterocycles. The van der Waals surface area contributed by atoms with E-state index in [1.165, 1.54) is 17.5 Å². The van der Waals surface area contributed by atoms with Gasteiger partial charge in [-0.25, -0.2) is 0 Å². The van der Waals surface area contributed by atoms with Gasteiger partial charge in [-0.2, -0.15) is 0 Å². The van der Waals surface area contributed by atoms with E-state index in [0.717, 1.165) is 13.0 Å². The molecule has 1 nitrogen and oxygen atoms in total. The van der Waals surface area contributed by atoms with Crippen LogP contribution in [0.15, 0.2) is 24.3 Å². The molecule has 0 saturated heterocycles. The Morgan fingerprint density at radius 2 is 1.79 bits per heavy atom. The van der Waals surface area contributed by atoms with Crippen molar-refractivity contribution in [2.45, 2.75) is 32.6 Å². The zero-order valence-corrected chi connectivity index (χ0v) is 9.51. The summed E-state index contributed by atoms with van der Waals surface area (Å²) < 4.78 is 0. The third-order valence-corrected chi connectivity index (χ3v) is 2.80. The lowest BCUT2D eigenvalue weighted by atomic mass is 9.95. The minimum atomic E-state index is 0.658. The van der Waals surface area contributed by atoms with Crippen LogP contribution in [-0.2, 0) is 6.42 Å². The van der Waals surface area contributed by atoms with Crippen LogP contribution in [0.5, 0.6) is 0 Å². The van der Waals surface area contributed by atoms with Gasteiger partial charge in [0.1, 0.15) is 0 Å². The number of nitrogens with one attached hydrogen (secondary N) is 1. The lowest BCUT2D eigenvalue weighted by molar-refractivity contribution is 0.611. The Balaban J connectivity index is 2.73. The number of aryl methyl sites for hydroxylation is 1. The highest BCUT2D eigenvalue weighted by atomic mass is 14.8. The fraction of sp³-hybridized carbons (Fsp3) is 0.538. The predicted octanol–water partition coefficient (Wildman–Crippen LogP) is 2.96. The summed E-state index contributed by atoms with van der Waals surface area (Å²) in [6.07, 6.45) is 2.33. The molecule has 1 rings (SSSR count). The number of benzene rings is 1. The number of rotatable bonds is 5. The Hall–Kier alpha value is -0.820. The van der Waals surface area contributed by atoms with E-state index in [1.807, 2.05) is 7.05 Å². The molecule has 1 atom stereocenters. The largest absolute Gasteiger partial charge is 0.319 e. The first kappa shape index (κ1) is 11.3. The molecule has 0 saturated carbocycles. The fourth-order valence-corrected chi connectivity index (χ4v) is 1.77. The highest BCUT2D eigenvalue weighted by molar-refractivity contribution is 5.25. The van der Waals surface area contributed by atoms with Crippen molar-refractivity contribution in [3.8, 4) is 0 Å². The van der Waals surface area contributed by atoms with Crippen LogP contribution in [0, 0.1) is 0 Å². The molecule has 0 amide bonds. The minimum absolute atomic E-state index is 0.658. The SMILES string of the molecule is CCc1ccc(C(CC)CNC)cc1. The molecular weight excluding hydrogens is 170 g/mol. The molecule has 14 heavy (non-hydrogen) atoms. The van der Waals surface area contributed by atoms with Crippen LogP contribution in [-0.4, -0.2) is 13.6 Å². The summed E-state index contributed by atoms with van der Waals surface area (Å²) in [7, 11) is 2.02. The first-order valence-electron chi connectivity index (χ1n) is 5.55. The van der Waals surface area contributed by atoms with E-state index in [0.29, 0.717) is 5.92 Å². The Kier molecular flexibility index (Phi) is 4.68. The number of hydrogen-bond acceptors (Lipinski definition) is 1. The molecule has 1 aromatic carbocycles. The summed E-state index contributed by atoms with van der Waals surface area (Å²) >= 11 is 0. The Labute approximate surface area is 87.5 Å². The van der Waals surface area contributed by atoms with Crippen molar-refractivity contribution in [1.29, 1.82) is 0 Å². The first-order valence-corrected chi connectivity index (χ1v) is 5.55. The van der Waals surface area contributed by atoms with Crippen molar-refractivity contribution in [1.82, 2.24) is 5.32 Å².